The Morgan fingerprint density at radius 2 is 1.81 bits per heavy atom. The summed E-state index contributed by atoms with van der Waals surface area (Å²) in [5, 5.41) is 8.30. The highest BCUT2D eigenvalue weighted by Crippen LogP contribution is 2.25. The third-order valence-electron chi connectivity index (χ3n) is 3.06. The maximum atomic E-state index is 8.30. The summed E-state index contributed by atoms with van der Waals surface area (Å²) in [5.74, 6) is 0.675. The Balaban J connectivity index is 2.66. The van der Waals surface area contributed by atoms with Gasteiger partial charge in [-0.25, -0.2) is 0 Å². The molecule has 0 spiro atoms. The van der Waals surface area contributed by atoms with Gasteiger partial charge in [0.1, 0.15) is 11.9 Å². The second kappa shape index (κ2) is 5.67. The molecule has 0 saturated carbocycles. The minimum atomic E-state index is -0.0735. The molecule has 94 valence electrons. The van der Waals surface area contributed by atoms with Gasteiger partial charge in [-0.05, 0) is 31.6 Å². The molecule has 1 rings (SSSR count). The summed E-state index contributed by atoms with van der Waals surface area (Å²) in [6, 6.07) is 0. The molecule has 3 heteroatoms. The minimum absolute atomic E-state index is 0.00450. The Morgan fingerprint density at radius 3 is 2.25 bits per heavy atom. The van der Waals surface area contributed by atoms with Crippen molar-refractivity contribution in [3.63, 3.8) is 0 Å². The molecule has 1 saturated heterocycles. The van der Waals surface area contributed by atoms with Gasteiger partial charge in [0.25, 0.3) is 0 Å². The SMILES string of the molecule is CCOC(C(=N)N1CCCCC1)C(C)(C)C. The lowest BCUT2D eigenvalue weighted by atomic mass is 9.87. The van der Waals surface area contributed by atoms with E-state index in [-0.39, 0.29) is 11.5 Å². The number of nitrogens with one attached hydrogen (secondary N) is 1. The zero-order valence-electron chi connectivity index (χ0n) is 11.2. The normalized spacial score (nSPS) is 19.6. The predicted octanol–water partition coefficient (Wildman–Crippen LogP) is 2.90. The van der Waals surface area contributed by atoms with E-state index in [0.717, 1.165) is 13.1 Å². The van der Waals surface area contributed by atoms with Crippen LogP contribution in [0.2, 0.25) is 0 Å². The smallest absolute Gasteiger partial charge is 0.126 e. The molecule has 3 nitrogen and oxygen atoms in total. The number of ether oxygens (including phenoxy) is 1. The standard InChI is InChI=1S/C13H26N2O/c1-5-16-11(13(2,3)4)12(14)15-9-7-6-8-10-15/h11,14H,5-10H2,1-4H3. The maximum absolute atomic E-state index is 8.30. The molecule has 0 radical (unpaired) electrons. The van der Waals surface area contributed by atoms with Crippen LogP contribution in [0.1, 0.15) is 47.0 Å². The van der Waals surface area contributed by atoms with Crippen molar-refractivity contribution in [2.24, 2.45) is 5.41 Å². The zero-order valence-corrected chi connectivity index (χ0v) is 11.2. The number of nitrogens with zero attached hydrogens (tertiary/aromatic N) is 1. The van der Waals surface area contributed by atoms with Gasteiger partial charge in [-0.3, -0.25) is 5.41 Å². The third-order valence-corrected chi connectivity index (χ3v) is 3.06. The molecular weight excluding hydrogens is 200 g/mol. The van der Waals surface area contributed by atoms with E-state index in [0.29, 0.717) is 12.4 Å². The van der Waals surface area contributed by atoms with Crippen molar-refractivity contribution in [2.75, 3.05) is 19.7 Å². The van der Waals surface area contributed by atoms with Crippen molar-refractivity contribution in [3.8, 4) is 0 Å². The minimum Gasteiger partial charge on any atom is -0.370 e. The van der Waals surface area contributed by atoms with Crippen LogP contribution in [0.25, 0.3) is 0 Å². The van der Waals surface area contributed by atoms with Crippen molar-refractivity contribution < 1.29 is 4.74 Å². The van der Waals surface area contributed by atoms with Crippen LogP contribution in [0.4, 0.5) is 0 Å². The molecule has 1 aliphatic rings. The summed E-state index contributed by atoms with van der Waals surface area (Å²) in [5.41, 5.74) is 0.00450. The van der Waals surface area contributed by atoms with Crippen molar-refractivity contribution in [1.82, 2.24) is 4.90 Å². The molecule has 1 unspecified atom stereocenters. The van der Waals surface area contributed by atoms with Crippen molar-refractivity contribution >= 4 is 5.84 Å². The Labute approximate surface area is 99.7 Å². The average molecular weight is 226 g/mol. The van der Waals surface area contributed by atoms with E-state index in [1.54, 1.807) is 0 Å². The van der Waals surface area contributed by atoms with Crippen LogP contribution < -0.4 is 0 Å². The van der Waals surface area contributed by atoms with E-state index in [2.05, 4.69) is 25.7 Å². The Hall–Kier alpha value is -0.570. The lowest BCUT2D eigenvalue weighted by Gasteiger charge is -2.38. The third kappa shape index (κ3) is 3.48. The second-order valence-corrected chi connectivity index (χ2v) is 5.63. The summed E-state index contributed by atoms with van der Waals surface area (Å²) in [7, 11) is 0. The second-order valence-electron chi connectivity index (χ2n) is 5.63. The van der Waals surface area contributed by atoms with E-state index in [1.807, 2.05) is 6.92 Å². The first-order chi connectivity index (χ1) is 7.46. The van der Waals surface area contributed by atoms with Crippen LogP contribution >= 0.6 is 0 Å². The molecule has 0 amide bonds. The summed E-state index contributed by atoms with van der Waals surface area (Å²) in [6.45, 7) is 11.2. The van der Waals surface area contributed by atoms with E-state index in [9.17, 15) is 0 Å². The number of rotatable bonds is 3. The van der Waals surface area contributed by atoms with Crippen LogP contribution in [-0.2, 0) is 4.74 Å². The quantitative estimate of drug-likeness (QED) is 0.593. The van der Waals surface area contributed by atoms with Gasteiger partial charge in [0.15, 0.2) is 0 Å². The number of hydrogen-bond donors (Lipinski definition) is 1. The number of piperidine rings is 1. The zero-order chi connectivity index (χ0) is 12.2. The lowest BCUT2D eigenvalue weighted by Crippen LogP contribution is -2.48. The molecule has 0 bridgehead atoms. The number of likely N-dealkylation sites (tertiary alicyclic amines) is 1. The number of hydrogen-bond acceptors (Lipinski definition) is 2. The molecule has 16 heavy (non-hydrogen) atoms. The van der Waals surface area contributed by atoms with E-state index in [1.165, 1.54) is 19.3 Å². The van der Waals surface area contributed by atoms with Crippen molar-refractivity contribution in [3.05, 3.63) is 0 Å². The van der Waals surface area contributed by atoms with Gasteiger partial charge < -0.3 is 9.64 Å². The number of amidine groups is 1. The van der Waals surface area contributed by atoms with Gasteiger partial charge in [0.05, 0.1) is 0 Å². The summed E-state index contributed by atoms with van der Waals surface area (Å²) in [4.78, 5) is 2.19. The lowest BCUT2D eigenvalue weighted by molar-refractivity contribution is 0.0261. The van der Waals surface area contributed by atoms with Crippen LogP contribution in [0.15, 0.2) is 0 Å². The Kier molecular flexibility index (Phi) is 4.78. The summed E-state index contributed by atoms with van der Waals surface area (Å²) < 4.78 is 5.76. The Bertz CT molecular complexity index is 227. The van der Waals surface area contributed by atoms with Gasteiger partial charge in [-0.2, -0.15) is 0 Å². The molecular formula is C13H26N2O. The van der Waals surface area contributed by atoms with Crippen molar-refractivity contribution in [1.29, 1.82) is 5.41 Å². The fourth-order valence-corrected chi connectivity index (χ4v) is 2.21. The maximum Gasteiger partial charge on any atom is 0.126 e. The molecule has 1 fully saturated rings. The molecule has 1 heterocycles. The van der Waals surface area contributed by atoms with Gasteiger partial charge in [-0.15, -0.1) is 0 Å². The van der Waals surface area contributed by atoms with Gasteiger partial charge in [0, 0.05) is 19.7 Å². The first kappa shape index (κ1) is 13.5. The highest BCUT2D eigenvalue weighted by atomic mass is 16.5. The van der Waals surface area contributed by atoms with E-state index < -0.39 is 0 Å². The highest BCUT2D eigenvalue weighted by Gasteiger charge is 2.32. The molecule has 1 aliphatic heterocycles. The predicted molar refractivity (Wildman–Crippen MR) is 68.0 cm³/mol. The largest absolute Gasteiger partial charge is 0.370 e. The van der Waals surface area contributed by atoms with Gasteiger partial charge in [0.2, 0.25) is 0 Å². The first-order valence-corrected chi connectivity index (χ1v) is 6.41. The monoisotopic (exact) mass is 226 g/mol. The van der Waals surface area contributed by atoms with Gasteiger partial charge >= 0.3 is 0 Å². The molecule has 0 aromatic heterocycles. The molecule has 1 N–H and O–H groups in total. The van der Waals surface area contributed by atoms with Crippen LogP contribution in [0.5, 0.6) is 0 Å². The van der Waals surface area contributed by atoms with Crippen molar-refractivity contribution in [2.45, 2.75) is 53.1 Å². The average Bonchev–Trinajstić information content (AvgIpc) is 2.25. The Morgan fingerprint density at radius 1 is 1.25 bits per heavy atom. The molecule has 0 aromatic carbocycles. The van der Waals surface area contributed by atoms with Crippen LogP contribution in [0.3, 0.4) is 0 Å². The van der Waals surface area contributed by atoms with Crippen LogP contribution in [-0.4, -0.2) is 36.5 Å². The highest BCUT2D eigenvalue weighted by molar-refractivity contribution is 5.84. The molecule has 1 atom stereocenters. The first-order valence-electron chi connectivity index (χ1n) is 6.41. The van der Waals surface area contributed by atoms with E-state index in [4.69, 9.17) is 10.1 Å². The molecule has 0 aromatic rings. The van der Waals surface area contributed by atoms with E-state index >= 15 is 0 Å². The summed E-state index contributed by atoms with van der Waals surface area (Å²) in [6.07, 6.45) is 3.66. The van der Waals surface area contributed by atoms with Crippen LogP contribution in [0, 0.1) is 10.8 Å². The molecule has 0 aliphatic carbocycles. The fraction of sp³-hybridized carbons (Fsp3) is 0.923. The van der Waals surface area contributed by atoms with Gasteiger partial charge in [-0.1, -0.05) is 20.8 Å². The fourth-order valence-electron chi connectivity index (χ4n) is 2.21. The topological polar surface area (TPSA) is 36.3 Å². The summed E-state index contributed by atoms with van der Waals surface area (Å²) >= 11 is 0.